The van der Waals surface area contributed by atoms with Crippen LogP contribution in [-0.4, -0.2) is 80.1 Å². The molecule has 0 bridgehead atoms. The molecule has 2 rings (SSSR count). The summed E-state index contributed by atoms with van der Waals surface area (Å²) < 4.78 is 16.4. The maximum atomic E-state index is 11.8. The van der Waals surface area contributed by atoms with Gasteiger partial charge in [-0.1, -0.05) is 0 Å². The van der Waals surface area contributed by atoms with E-state index in [0.29, 0.717) is 13.1 Å². The van der Waals surface area contributed by atoms with Crippen molar-refractivity contribution >= 4 is 6.09 Å². The highest BCUT2D eigenvalue weighted by atomic mass is 16.6. The van der Waals surface area contributed by atoms with Gasteiger partial charge < -0.3 is 19.1 Å². The number of nitrogens with zero attached hydrogens (tertiary/aromatic N) is 2. The van der Waals surface area contributed by atoms with E-state index in [1.165, 1.54) is 0 Å². The summed E-state index contributed by atoms with van der Waals surface area (Å²) >= 11 is 0. The van der Waals surface area contributed by atoms with Crippen LogP contribution in [-0.2, 0) is 14.2 Å². The van der Waals surface area contributed by atoms with E-state index in [1.54, 1.807) is 4.90 Å². The number of amides is 1. The van der Waals surface area contributed by atoms with Crippen LogP contribution in [0.25, 0.3) is 0 Å². The molecule has 6 nitrogen and oxygen atoms in total. The van der Waals surface area contributed by atoms with E-state index in [0.717, 1.165) is 45.9 Å². The van der Waals surface area contributed by atoms with Crippen molar-refractivity contribution in [3.05, 3.63) is 0 Å². The molecule has 2 aliphatic heterocycles. The second-order valence-corrected chi connectivity index (χ2v) is 6.69. The lowest BCUT2D eigenvalue weighted by atomic mass is 10.1. The van der Waals surface area contributed by atoms with Crippen LogP contribution in [0.4, 0.5) is 4.79 Å². The van der Waals surface area contributed by atoms with Crippen molar-refractivity contribution < 1.29 is 19.0 Å². The standard InChI is InChI=1S/C15H28N2O4/c1-15(2,3)21-14(18)17-11-13(12-17)20-8-4-5-16-6-9-19-10-7-16/h13H,4-12H2,1-3H3. The molecule has 0 unspecified atom stereocenters. The molecule has 6 heteroatoms. The molecule has 2 aliphatic rings. The molecule has 0 radical (unpaired) electrons. The van der Waals surface area contributed by atoms with Gasteiger partial charge in [-0.3, -0.25) is 4.90 Å². The number of rotatable bonds is 5. The summed E-state index contributed by atoms with van der Waals surface area (Å²) in [6, 6.07) is 0. The molecular weight excluding hydrogens is 272 g/mol. The lowest BCUT2D eigenvalue weighted by Crippen LogP contribution is -2.56. The van der Waals surface area contributed by atoms with E-state index < -0.39 is 5.60 Å². The van der Waals surface area contributed by atoms with Crippen molar-refractivity contribution in [1.82, 2.24) is 9.80 Å². The number of morpholine rings is 1. The van der Waals surface area contributed by atoms with Gasteiger partial charge in [0, 0.05) is 26.2 Å². The molecule has 122 valence electrons. The first-order valence-corrected chi connectivity index (χ1v) is 7.84. The van der Waals surface area contributed by atoms with Crippen molar-refractivity contribution in [2.75, 3.05) is 52.5 Å². The summed E-state index contributed by atoms with van der Waals surface area (Å²) in [5, 5.41) is 0. The molecule has 0 aliphatic carbocycles. The summed E-state index contributed by atoms with van der Waals surface area (Å²) in [5.74, 6) is 0. The van der Waals surface area contributed by atoms with Crippen LogP contribution in [0.2, 0.25) is 0 Å². The van der Waals surface area contributed by atoms with E-state index in [-0.39, 0.29) is 12.2 Å². The van der Waals surface area contributed by atoms with Crippen molar-refractivity contribution in [3.8, 4) is 0 Å². The van der Waals surface area contributed by atoms with Gasteiger partial charge in [0.05, 0.1) is 32.4 Å². The highest BCUT2D eigenvalue weighted by Crippen LogP contribution is 2.17. The second-order valence-electron chi connectivity index (χ2n) is 6.69. The van der Waals surface area contributed by atoms with Crippen LogP contribution in [0.15, 0.2) is 0 Å². The van der Waals surface area contributed by atoms with Gasteiger partial charge in [-0.25, -0.2) is 4.79 Å². The molecule has 0 aromatic carbocycles. The Labute approximate surface area is 127 Å². The van der Waals surface area contributed by atoms with Crippen LogP contribution >= 0.6 is 0 Å². The molecule has 0 saturated carbocycles. The van der Waals surface area contributed by atoms with Crippen molar-refractivity contribution in [2.24, 2.45) is 0 Å². The molecule has 0 aromatic heterocycles. The molecule has 2 saturated heterocycles. The highest BCUT2D eigenvalue weighted by molar-refractivity contribution is 5.69. The molecule has 21 heavy (non-hydrogen) atoms. The van der Waals surface area contributed by atoms with Gasteiger partial charge >= 0.3 is 6.09 Å². The Morgan fingerprint density at radius 1 is 1.24 bits per heavy atom. The monoisotopic (exact) mass is 300 g/mol. The topological polar surface area (TPSA) is 51.2 Å². The first-order valence-electron chi connectivity index (χ1n) is 7.84. The first kappa shape index (κ1) is 16.5. The summed E-state index contributed by atoms with van der Waals surface area (Å²) in [5.41, 5.74) is -0.429. The van der Waals surface area contributed by atoms with E-state index in [4.69, 9.17) is 14.2 Å². The fraction of sp³-hybridized carbons (Fsp3) is 0.933. The van der Waals surface area contributed by atoms with Crippen LogP contribution in [0.1, 0.15) is 27.2 Å². The van der Waals surface area contributed by atoms with Crippen LogP contribution in [0.3, 0.4) is 0 Å². The third-order valence-corrected chi connectivity index (χ3v) is 3.58. The Kier molecular flexibility index (Phi) is 5.84. The summed E-state index contributed by atoms with van der Waals surface area (Å²) in [6.45, 7) is 12.5. The molecule has 0 N–H and O–H groups in total. The minimum Gasteiger partial charge on any atom is -0.444 e. The van der Waals surface area contributed by atoms with Crippen molar-refractivity contribution in [1.29, 1.82) is 0 Å². The number of carbonyl (C=O) groups is 1. The maximum absolute atomic E-state index is 11.8. The number of ether oxygens (including phenoxy) is 3. The van der Waals surface area contributed by atoms with Gasteiger partial charge in [-0.05, 0) is 27.2 Å². The van der Waals surface area contributed by atoms with E-state index in [2.05, 4.69) is 4.90 Å². The first-order chi connectivity index (χ1) is 9.94. The second kappa shape index (κ2) is 7.42. The largest absolute Gasteiger partial charge is 0.444 e. The maximum Gasteiger partial charge on any atom is 0.410 e. The van der Waals surface area contributed by atoms with Crippen LogP contribution < -0.4 is 0 Å². The van der Waals surface area contributed by atoms with Gasteiger partial charge in [0.1, 0.15) is 5.60 Å². The number of carbonyl (C=O) groups excluding carboxylic acids is 1. The smallest absolute Gasteiger partial charge is 0.410 e. The van der Waals surface area contributed by atoms with Crippen molar-refractivity contribution in [3.63, 3.8) is 0 Å². The third kappa shape index (κ3) is 5.80. The van der Waals surface area contributed by atoms with Gasteiger partial charge in [0.25, 0.3) is 0 Å². The lowest BCUT2D eigenvalue weighted by molar-refractivity contribution is -0.0652. The third-order valence-electron chi connectivity index (χ3n) is 3.58. The minimum absolute atomic E-state index is 0.169. The molecule has 0 spiro atoms. The summed E-state index contributed by atoms with van der Waals surface area (Å²) in [4.78, 5) is 15.8. The molecule has 0 aromatic rings. The lowest BCUT2D eigenvalue weighted by Gasteiger charge is -2.39. The zero-order valence-electron chi connectivity index (χ0n) is 13.5. The van der Waals surface area contributed by atoms with E-state index >= 15 is 0 Å². The fourth-order valence-corrected chi connectivity index (χ4v) is 2.38. The zero-order valence-corrected chi connectivity index (χ0v) is 13.5. The molecule has 2 fully saturated rings. The van der Waals surface area contributed by atoms with Gasteiger partial charge in [0.2, 0.25) is 0 Å². The summed E-state index contributed by atoms with van der Waals surface area (Å²) in [7, 11) is 0. The van der Waals surface area contributed by atoms with E-state index in [9.17, 15) is 4.79 Å². The summed E-state index contributed by atoms with van der Waals surface area (Å²) in [6.07, 6.45) is 0.959. The Hall–Kier alpha value is -0.850. The normalized spacial score (nSPS) is 21.2. The van der Waals surface area contributed by atoms with Gasteiger partial charge in [-0.2, -0.15) is 0 Å². The van der Waals surface area contributed by atoms with Crippen LogP contribution in [0.5, 0.6) is 0 Å². The Morgan fingerprint density at radius 2 is 1.90 bits per heavy atom. The Bertz CT molecular complexity index is 331. The Balaban J connectivity index is 1.49. The quantitative estimate of drug-likeness (QED) is 0.717. The van der Waals surface area contributed by atoms with Gasteiger partial charge in [-0.15, -0.1) is 0 Å². The zero-order chi connectivity index (χ0) is 15.3. The molecule has 2 heterocycles. The predicted octanol–water partition coefficient (Wildman–Crippen LogP) is 1.34. The molecular formula is C15H28N2O4. The Morgan fingerprint density at radius 3 is 2.52 bits per heavy atom. The molecule has 0 atom stereocenters. The van der Waals surface area contributed by atoms with Crippen molar-refractivity contribution in [2.45, 2.75) is 38.9 Å². The fourth-order valence-electron chi connectivity index (χ4n) is 2.38. The van der Waals surface area contributed by atoms with Gasteiger partial charge in [0.15, 0.2) is 0 Å². The average Bonchev–Trinajstić information content (AvgIpc) is 2.35. The van der Waals surface area contributed by atoms with Crippen LogP contribution in [0, 0.1) is 0 Å². The highest BCUT2D eigenvalue weighted by Gasteiger charge is 2.34. The SMILES string of the molecule is CC(C)(C)OC(=O)N1CC(OCCCN2CCOCC2)C1. The van der Waals surface area contributed by atoms with E-state index in [1.807, 2.05) is 20.8 Å². The molecule has 1 amide bonds. The minimum atomic E-state index is -0.429. The predicted molar refractivity (Wildman–Crippen MR) is 79.4 cm³/mol. The number of hydrogen-bond donors (Lipinski definition) is 0. The average molecular weight is 300 g/mol. The number of hydrogen-bond acceptors (Lipinski definition) is 5. The number of likely N-dealkylation sites (tertiary alicyclic amines) is 1.